The first kappa shape index (κ1) is 19.4. The van der Waals surface area contributed by atoms with Crippen molar-refractivity contribution in [1.82, 2.24) is 9.88 Å². The van der Waals surface area contributed by atoms with Crippen molar-refractivity contribution >= 4 is 39.7 Å². The lowest BCUT2D eigenvalue weighted by atomic mass is 9.96. The van der Waals surface area contributed by atoms with Crippen LogP contribution in [-0.4, -0.2) is 42.0 Å². The zero-order valence-corrected chi connectivity index (χ0v) is 18.0. The molecular weight excluding hydrogens is 394 g/mol. The number of hydrogen-bond acceptors (Lipinski definition) is 2. The molecule has 3 heterocycles. The summed E-state index contributed by atoms with van der Waals surface area (Å²) < 4.78 is 0. The predicted octanol–water partition coefficient (Wildman–Crippen LogP) is 5.45. The molecule has 154 valence electrons. The van der Waals surface area contributed by atoms with Gasteiger partial charge in [0.1, 0.15) is 0 Å². The standard InChI is InChI=1S/C25H26ClN3O/c1-17(30)29-16-19(21-4-2-3-5-25(21)29)10-13-28-11-8-18(9-12-28)23-15-27-24-14-20(26)6-7-22(23)24/h2-8,14-15,19,27H,9-13,16H2,1H3/t19-/m1/s1. The SMILES string of the molecule is CC(=O)N1C[C@@H](CCN2CC=C(c3c[nH]c4cc(Cl)ccc34)CC2)c2ccccc21. The van der Waals surface area contributed by atoms with Crippen LogP contribution >= 0.6 is 11.6 Å². The molecule has 0 saturated carbocycles. The number of nitrogens with zero attached hydrogens (tertiary/aromatic N) is 2. The molecule has 0 spiro atoms. The monoisotopic (exact) mass is 419 g/mol. The molecule has 2 aliphatic heterocycles. The molecule has 1 N–H and O–H groups in total. The number of amides is 1. The number of fused-ring (bicyclic) bond motifs is 2. The minimum Gasteiger partial charge on any atom is -0.361 e. The first-order chi connectivity index (χ1) is 14.6. The average Bonchev–Trinajstić information content (AvgIpc) is 3.34. The summed E-state index contributed by atoms with van der Waals surface area (Å²) in [4.78, 5) is 19.8. The Morgan fingerprint density at radius 3 is 2.90 bits per heavy atom. The molecule has 3 aromatic rings. The normalized spacial score (nSPS) is 19.2. The molecule has 5 heteroatoms. The molecule has 2 aromatic carbocycles. The van der Waals surface area contributed by atoms with Crippen LogP contribution in [0.1, 0.15) is 36.8 Å². The van der Waals surface area contributed by atoms with Gasteiger partial charge in [0.05, 0.1) is 0 Å². The molecule has 1 atom stereocenters. The summed E-state index contributed by atoms with van der Waals surface area (Å²) in [6.45, 7) is 5.56. The van der Waals surface area contributed by atoms with Crippen LogP contribution in [0.5, 0.6) is 0 Å². The van der Waals surface area contributed by atoms with Gasteiger partial charge >= 0.3 is 0 Å². The van der Waals surface area contributed by atoms with Gasteiger partial charge in [-0.05, 0) is 48.7 Å². The Hall–Kier alpha value is -2.56. The fraction of sp³-hybridized carbons (Fsp3) is 0.320. The molecule has 2 aliphatic rings. The zero-order valence-electron chi connectivity index (χ0n) is 17.2. The van der Waals surface area contributed by atoms with E-state index in [1.54, 1.807) is 6.92 Å². The van der Waals surface area contributed by atoms with E-state index in [0.717, 1.165) is 55.2 Å². The minimum atomic E-state index is 0.135. The van der Waals surface area contributed by atoms with E-state index in [4.69, 9.17) is 11.6 Å². The Balaban J connectivity index is 1.24. The van der Waals surface area contributed by atoms with E-state index in [2.05, 4.69) is 46.4 Å². The number of anilines is 1. The number of nitrogens with one attached hydrogen (secondary N) is 1. The van der Waals surface area contributed by atoms with Gasteiger partial charge < -0.3 is 9.88 Å². The molecular formula is C25H26ClN3O. The highest BCUT2D eigenvalue weighted by Gasteiger charge is 2.30. The molecule has 0 radical (unpaired) electrons. The molecule has 0 saturated heterocycles. The smallest absolute Gasteiger partial charge is 0.223 e. The second-order valence-electron chi connectivity index (χ2n) is 8.35. The summed E-state index contributed by atoms with van der Waals surface area (Å²) >= 11 is 6.12. The number of para-hydroxylation sites is 1. The summed E-state index contributed by atoms with van der Waals surface area (Å²) in [6, 6.07) is 14.4. The Kier molecular flexibility index (Phi) is 5.13. The third-order valence-corrected chi connectivity index (χ3v) is 6.76. The fourth-order valence-electron chi connectivity index (χ4n) is 4.90. The second-order valence-corrected chi connectivity index (χ2v) is 8.78. The summed E-state index contributed by atoms with van der Waals surface area (Å²) in [7, 11) is 0. The number of H-pyrrole nitrogens is 1. The van der Waals surface area contributed by atoms with Crippen LogP contribution in [0.4, 0.5) is 5.69 Å². The van der Waals surface area contributed by atoms with Crippen molar-refractivity contribution in [3.05, 3.63) is 70.9 Å². The van der Waals surface area contributed by atoms with Gasteiger partial charge in [0.2, 0.25) is 5.91 Å². The molecule has 1 aromatic heterocycles. The Labute approximate surface area is 182 Å². The highest BCUT2D eigenvalue weighted by Crippen LogP contribution is 2.38. The Morgan fingerprint density at radius 2 is 2.10 bits per heavy atom. The number of aromatic nitrogens is 1. The first-order valence-electron chi connectivity index (χ1n) is 10.7. The number of halogens is 1. The highest BCUT2D eigenvalue weighted by molar-refractivity contribution is 6.31. The van der Waals surface area contributed by atoms with Crippen LogP contribution in [0, 0.1) is 0 Å². The van der Waals surface area contributed by atoms with Crippen molar-refractivity contribution in [2.45, 2.75) is 25.7 Å². The van der Waals surface area contributed by atoms with Gasteiger partial charge in [-0.1, -0.05) is 41.9 Å². The minimum absolute atomic E-state index is 0.135. The maximum atomic E-state index is 12.0. The Morgan fingerprint density at radius 1 is 1.23 bits per heavy atom. The lowest BCUT2D eigenvalue weighted by Crippen LogP contribution is -2.31. The summed E-state index contributed by atoms with van der Waals surface area (Å²) in [5.41, 5.74) is 6.21. The molecule has 1 amide bonds. The largest absolute Gasteiger partial charge is 0.361 e. The average molecular weight is 420 g/mol. The van der Waals surface area contributed by atoms with Crippen LogP contribution in [0.3, 0.4) is 0 Å². The van der Waals surface area contributed by atoms with Crippen molar-refractivity contribution in [3.8, 4) is 0 Å². The number of aromatic amines is 1. The van der Waals surface area contributed by atoms with Gasteiger partial charge in [-0.3, -0.25) is 9.69 Å². The van der Waals surface area contributed by atoms with Gasteiger partial charge in [0.15, 0.2) is 0 Å². The predicted molar refractivity (Wildman–Crippen MR) is 124 cm³/mol. The van der Waals surface area contributed by atoms with E-state index in [1.165, 1.54) is 22.1 Å². The van der Waals surface area contributed by atoms with Crippen LogP contribution < -0.4 is 4.90 Å². The molecule has 30 heavy (non-hydrogen) atoms. The fourth-order valence-corrected chi connectivity index (χ4v) is 5.07. The quantitative estimate of drug-likeness (QED) is 0.610. The van der Waals surface area contributed by atoms with E-state index in [0.29, 0.717) is 5.92 Å². The topological polar surface area (TPSA) is 39.3 Å². The third-order valence-electron chi connectivity index (χ3n) is 6.53. The number of hydrogen-bond donors (Lipinski definition) is 1. The van der Waals surface area contributed by atoms with E-state index in [1.807, 2.05) is 23.1 Å². The molecule has 0 unspecified atom stereocenters. The van der Waals surface area contributed by atoms with E-state index >= 15 is 0 Å². The van der Waals surface area contributed by atoms with Gasteiger partial charge in [0.25, 0.3) is 0 Å². The van der Waals surface area contributed by atoms with Crippen LogP contribution in [0.2, 0.25) is 5.02 Å². The molecule has 0 aliphatic carbocycles. The van der Waals surface area contributed by atoms with E-state index in [9.17, 15) is 4.79 Å². The summed E-state index contributed by atoms with van der Waals surface area (Å²) in [5, 5.41) is 2.00. The molecule has 0 fully saturated rings. The van der Waals surface area contributed by atoms with Crippen molar-refractivity contribution in [3.63, 3.8) is 0 Å². The molecule has 4 nitrogen and oxygen atoms in total. The number of carbonyl (C=O) groups excluding carboxylic acids is 1. The van der Waals surface area contributed by atoms with Gasteiger partial charge in [0, 0.05) is 65.8 Å². The number of carbonyl (C=O) groups is 1. The molecule has 5 rings (SSSR count). The molecule has 0 bridgehead atoms. The van der Waals surface area contributed by atoms with Crippen molar-refractivity contribution < 1.29 is 4.79 Å². The number of rotatable bonds is 4. The van der Waals surface area contributed by atoms with E-state index in [-0.39, 0.29) is 5.91 Å². The van der Waals surface area contributed by atoms with Gasteiger partial charge in [-0.15, -0.1) is 0 Å². The van der Waals surface area contributed by atoms with Crippen molar-refractivity contribution in [1.29, 1.82) is 0 Å². The lowest BCUT2D eigenvalue weighted by molar-refractivity contribution is -0.116. The maximum absolute atomic E-state index is 12.0. The second kappa shape index (κ2) is 7.93. The zero-order chi connectivity index (χ0) is 20.7. The number of benzene rings is 2. The van der Waals surface area contributed by atoms with E-state index < -0.39 is 0 Å². The van der Waals surface area contributed by atoms with Crippen LogP contribution in [-0.2, 0) is 4.79 Å². The maximum Gasteiger partial charge on any atom is 0.223 e. The highest BCUT2D eigenvalue weighted by atomic mass is 35.5. The first-order valence-corrected chi connectivity index (χ1v) is 11.0. The summed E-state index contributed by atoms with van der Waals surface area (Å²) in [5.74, 6) is 0.560. The van der Waals surface area contributed by atoms with Crippen LogP contribution in [0.25, 0.3) is 16.5 Å². The van der Waals surface area contributed by atoms with Crippen LogP contribution in [0.15, 0.2) is 54.7 Å². The summed E-state index contributed by atoms with van der Waals surface area (Å²) in [6.07, 6.45) is 6.60. The lowest BCUT2D eigenvalue weighted by Gasteiger charge is -2.27. The van der Waals surface area contributed by atoms with Crippen molar-refractivity contribution in [2.24, 2.45) is 0 Å². The van der Waals surface area contributed by atoms with Crippen molar-refractivity contribution in [2.75, 3.05) is 31.1 Å². The van der Waals surface area contributed by atoms with Gasteiger partial charge in [-0.2, -0.15) is 0 Å². The van der Waals surface area contributed by atoms with Gasteiger partial charge in [-0.25, -0.2) is 0 Å². The third kappa shape index (κ3) is 3.55. The Bertz CT molecular complexity index is 1130.